The predicted molar refractivity (Wildman–Crippen MR) is 106 cm³/mol. The van der Waals surface area contributed by atoms with E-state index < -0.39 is 5.92 Å². The van der Waals surface area contributed by atoms with Crippen molar-refractivity contribution in [2.24, 2.45) is 5.92 Å². The lowest BCUT2D eigenvalue weighted by Gasteiger charge is -2.29. The highest BCUT2D eigenvalue weighted by atomic mass is 19.3. The van der Waals surface area contributed by atoms with Crippen molar-refractivity contribution in [1.29, 1.82) is 0 Å². The molecule has 0 bridgehead atoms. The Bertz CT molecular complexity index is 879. The number of ether oxygens (including phenoxy) is 1. The Kier molecular flexibility index (Phi) is 5.90. The van der Waals surface area contributed by atoms with Gasteiger partial charge in [0.25, 0.3) is 0 Å². The average molecular weight is 417 g/mol. The van der Waals surface area contributed by atoms with Crippen LogP contribution in [0.1, 0.15) is 31.7 Å². The summed E-state index contributed by atoms with van der Waals surface area (Å²) in [7, 11) is 0. The summed E-state index contributed by atoms with van der Waals surface area (Å²) < 4.78 is 34.7. The highest BCUT2D eigenvalue weighted by molar-refractivity contribution is 5.87. The lowest BCUT2D eigenvalue weighted by atomic mass is 9.87. The topological polar surface area (TPSA) is 73.1 Å². The lowest BCUT2D eigenvalue weighted by molar-refractivity contribution is -0.125. The number of amides is 1. The van der Waals surface area contributed by atoms with Crippen molar-refractivity contribution in [2.75, 3.05) is 19.7 Å². The number of carbonyl (C=O) groups excluding carboxylic acids is 1. The van der Waals surface area contributed by atoms with Gasteiger partial charge in [-0.25, -0.2) is 13.5 Å². The fraction of sp³-hybridized carbons (Fsp3) is 0.524. The second kappa shape index (κ2) is 8.59. The molecular formula is C21H25F2N5O2. The standard InChI is InChI=1S/C21H25F2N5O2/c1-2-20(29)27-12-18(28-11-17(25-26-28)16-4-3-9-24-10-16)19(13-27)30-14-15-5-7-21(22,23)8-6-15/h2-4,9-11,15,18-19H,1,5-8,12-14H2. The molecule has 0 radical (unpaired) electrons. The Hall–Kier alpha value is -2.68. The first kappa shape index (κ1) is 20.6. The van der Waals surface area contributed by atoms with Crippen molar-refractivity contribution >= 4 is 5.91 Å². The quantitative estimate of drug-likeness (QED) is 0.676. The summed E-state index contributed by atoms with van der Waals surface area (Å²) in [5.74, 6) is -2.62. The van der Waals surface area contributed by atoms with Crippen LogP contribution in [-0.2, 0) is 9.53 Å². The van der Waals surface area contributed by atoms with E-state index in [0.717, 1.165) is 5.56 Å². The molecule has 160 valence electrons. The molecular weight excluding hydrogens is 392 g/mol. The molecule has 4 rings (SSSR count). The number of likely N-dealkylation sites (tertiary alicyclic amines) is 1. The zero-order valence-corrected chi connectivity index (χ0v) is 16.7. The summed E-state index contributed by atoms with van der Waals surface area (Å²) in [5, 5.41) is 8.49. The van der Waals surface area contributed by atoms with Gasteiger partial charge in [-0.15, -0.1) is 5.10 Å². The number of carbonyl (C=O) groups is 1. The van der Waals surface area contributed by atoms with Crippen LogP contribution in [0.4, 0.5) is 8.78 Å². The highest BCUT2D eigenvalue weighted by Gasteiger charge is 2.39. The minimum Gasteiger partial charge on any atom is -0.374 e. The van der Waals surface area contributed by atoms with E-state index in [0.29, 0.717) is 38.2 Å². The molecule has 30 heavy (non-hydrogen) atoms. The number of halogens is 2. The first-order valence-corrected chi connectivity index (χ1v) is 10.2. The summed E-state index contributed by atoms with van der Waals surface area (Å²) >= 11 is 0. The van der Waals surface area contributed by atoms with E-state index in [1.165, 1.54) is 6.08 Å². The third kappa shape index (κ3) is 4.56. The van der Waals surface area contributed by atoms with Crippen LogP contribution in [-0.4, -0.2) is 62.5 Å². The fourth-order valence-corrected chi connectivity index (χ4v) is 4.10. The molecule has 7 nitrogen and oxygen atoms in total. The number of hydrogen-bond donors (Lipinski definition) is 0. The Morgan fingerprint density at radius 2 is 2.13 bits per heavy atom. The number of rotatable bonds is 6. The average Bonchev–Trinajstić information content (AvgIpc) is 3.40. The van der Waals surface area contributed by atoms with Gasteiger partial charge in [0, 0.05) is 50.5 Å². The van der Waals surface area contributed by atoms with Gasteiger partial charge in [-0.3, -0.25) is 9.78 Å². The Balaban J connectivity index is 1.46. The highest BCUT2D eigenvalue weighted by Crippen LogP contribution is 2.37. The molecule has 2 aromatic heterocycles. The summed E-state index contributed by atoms with van der Waals surface area (Å²) in [6, 6.07) is 3.52. The number of aromatic nitrogens is 4. The van der Waals surface area contributed by atoms with Crippen LogP contribution in [0, 0.1) is 5.92 Å². The largest absolute Gasteiger partial charge is 0.374 e. The number of hydrogen-bond acceptors (Lipinski definition) is 5. The van der Waals surface area contributed by atoms with Gasteiger partial charge >= 0.3 is 0 Å². The maximum atomic E-state index is 13.4. The van der Waals surface area contributed by atoms with Crippen LogP contribution >= 0.6 is 0 Å². The summed E-state index contributed by atoms with van der Waals surface area (Å²) in [4.78, 5) is 17.9. The Morgan fingerprint density at radius 1 is 1.33 bits per heavy atom. The molecule has 2 aliphatic rings. The lowest BCUT2D eigenvalue weighted by Crippen LogP contribution is -2.32. The van der Waals surface area contributed by atoms with Gasteiger partial charge in [-0.2, -0.15) is 0 Å². The van der Waals surface area contributed by atoms with E-state index in [2.05, 4.69) is 21.9 Å². The summed E-state index contributed by atoms with van der Waals surface area (Å²) in [6.07, 6.45) is 6.94. The van der Waals surface area contributed by atoms with Gasteiger partial charge in [0.1, 0.15) is 5.69 Å². The molecule has 0 spiro atoms. The Labute approximate surface area is 173 Å². The van der Waals surface area contributed by atoms with E-state index >= 15 is 0 Å². The van der Waals surface area contributed by atoms with E-state index in [9.17, 15) is 13.6 Å². The van der Waals surface area contributed by atoms with Gasteiger partial charge in [0.2, 0.25) is 11.8 Å². The molecule has 9 heteroatoms. The first-order valence-electron chi connectivity index (χ1n) is 10.2. The van der Waals surface area contributed by atoms with Crippen molar-refractivity contribution in [2.45, 2.75) is 43.8 Å². The molecule has 2 fully saturated rings. The minimum atomic E-state index is -2.55. The van der Waals surface area contributed by atoms with Gasteiger partial charge < -0.3 is 9.64 Å². The molecule has 2 atom stereocenters. The van der Waals surface area contributed by atoms with Crippen molar-refractivity contribution in [3.63, 3.8) is 0 Å². The molecule has 1 aliphatic heterocycles. The van der Waals surface area contributed by atoms with Crippen LogP contribution < -0.4 is 0 Å². The third-order valence-electron chi connectivity index (χ3n) is 5.91. The smallest absolute Gasteiger partial charge is 0.248 e. The van der Waals surface area contributed by atoms with Crippen molar-refractivity contribution in [1.82, 2.24) is 24.9 Å². The van der Waals surface area contributed by atoms with Crippen LogP contribution in [0.2, 0.25) is 0 Å². The zero-order valence-electron chi connectivity index (χ0n) is 16.7. The van der Waals surface area contributed by atoms with E-state index in [-0.39, 0.29) is 36.8 Å². The van der Waals surface area contributed by atoms with Crippen LogP contribution in [0.25, 0.3) is 11.3 Å². The molecule has 3 heterocycles. The maximum absolute atomic E-state index is 13.4. The molecule has 0 aromatic carbocycles. The van der Waals surface area contributed by atoms with Gasteiger partial charge in [-0.05, 0) is 37.0 Å². The second-order valence-electron chi connectivity index (χ2n) is 8.01. The molecule has 0 N–H and O–H groups in total. The van der Waals surface area contributed by atoms with Gasteiger partial charge in [-0.1, -0.05) is 11.8 Å². The van der Waals surface area contributed by atoms with Crippen LogP contribution in [0.15, 0.2) is 43.4 Å². The van der Waals surface area contributed by atoms with Gasteiger partial charge in [0.15, 0.2) is 0 Å². The third-order valence-corrected chi connectivity index (χ3v) is 5.91. The number of alkyl halides is 2. The fourth-order valence-electron chi connectivity index (χ4n) is 4.10. The van der Waals surface area contributed by atoms with E-state index in [1.807, 2.05) is 18.3 Å². The monoisotopic (exact) mass is 417 g/mol. The number of nitrogens with zero attached hydrogens (tertiary/aromatic N) is 5. The van der Waals surface area contributed by atoms with Crippen molar-refractivity contribution in [3.8, 4) is 11.3 Å². The molecule has 1 amide bonds. The minimum absolute atomic E-state index is 0.0895. The molecule has 2 aromatic rings. The maximum Gasteiger partial charge on any atom is 0.248 e. The van der Waals surface area contributed by atoms with Crippen LogP contribution in [0.5, 0.6) is 0 Å². The van der Waals surface area contributed by atoms with Gasteiger partial charge in [0.05, 0.1) is 18.3 Å². The van der Waals surface area contributed by atoms with Crippen LogP contribution in [0.3, 0.4) is 0 Å². The molecule has 2 unspecified atom stereocenters. The zero-order chi connectivity index (χ0) is 21.1. The van der Waals surface area contributed by atoms with Crippen molar-refractivity contribution in [3.05, 3.63) is 43.4 Å². The first-order chi connectivity index (χ1) is 14.4. The van der Waals surface area contributed by atoms with E-state index in [1.54, 1.807) is 22.0 Å². The molecule has 1 aliphatic carbocycles. The SMILES string of the molecule is C=CC(=O)N1CC(OCC2CCC(F)(F)CC2)C(n2cc(-c3cccnc3)nn2)C1. The van der Waals surface area contributed by atoms with Crippen molar-refractivity contribution < 1.29 is 18.3 Å². The second-order valence-corrected chi connectivity index (χ2v) is 8.01. The summed E-state index contributed by atoms with van der Waals surface area (Å²) in [5.41, 5.74) is 1.53. The molecule has 1 saturated carbocycles. The number of pyridine rings is 1. The van der Waals surface area contributed by atoms with E-state index in [4.69, 9.17) is 4.74 Å². The predicted octanol–water partition coefficient (Wildman–Crippen LogP) is 3.12. The summed E-state index contributed by atoms with van der Waals surface area (Å²) in [6.45, 7) is 4.79. The Morgan fingerprint density at radius 3 is 2.83 bits per heavy atom. The normalized spacial score (nSPS) is 24.1. The molecule has 1 saturated heterocycles.